The molecule has 4 heteroatoms. The first-order chi connectivity index (χ1) is 9.08. The average molecular weight is 259 g/mol. The van der Waals surface area contributed by atoms with Crippen molar-refractivity contribution in [3.63, 3.8) is 0 Å². The van der Waals surface area contributed by atoms with Gasteiger partial charge in [0.05, 0.1) is 5.56 Å². The van der Waals surface area contributed by atoms with E-state index in [1.54, 1.807) is 19.1 Å². The summed E-state index contributed by atoms with van der Waals surface area (Å²) in [4.78, 5) is 23.1. The molecule has 2 aliphatic rings. The van der Waals surface area contributed by atoms with Gasteiger partial charge in [0, 0.05) is 11.6 Å². The van der Waals surface area contributed by atoms with Crippen molar-refractivity contribution >= 4 is 17.6 Å². The molecule has 1 unspecified atom stereocenters. The Morgan fingerprint density at radius 1 is 1.26 bits per heavy atom. The molecule has 2 saturated carbocycles. The molecule has 100 valence electrons. The zero-order chi connectivity index (χ0) is 13.6. The lowest BCUT2D eigenvalue weighted by atomic mass is 10.1. The summed E-state index contributed by atoms with van der Waals surface area (Å²) in [5.74, 6) is 0.392. The fourth-order valence-corrected chi connectivity index (χ4v) is 3.37. The van der Waals surface area contributed by atoms with Gasteiger partial charge in [-0.3, -0.25) is 4.79 Å². The van der Waals surface area contributed by atoms with Crippen LogP contribution in [0.2, 0.25) is 0 Å². The molecule has 3 atom stereocenters. The fraction of sp³-hybridized carbons (Fsp3) is 0.467. The number of carbonyl (C=O) groups excluding carboxylic acids is 1. The van der Waals surface area contributed by atoms with Crippen LogP contribution < -0.4 is 5.32 Å². The van der Waals surface area contributed by atoms with Crippen molar-refractivity contribution in [3.05, 3.63) is 29.3 Å². The second-order valence-corrected chi connectivity index (χ2v) is 5.61. The van der Waals surface area contributed by atoms with Crippen molar-refractivity contribution in [1.29, 1.82) is 0 Å². The van der Waals surface area contributed by atoms with Crippen molar-refractivity contribution in [2.45, 2.75) is 26.2 Å². The molecule has 1 aromatic carbocycles. The quantitative estimate of drug-likeness (QED) is 0.877. The van der Waals surface area contributed by atoms with E-state index in [1.807, 2.05) is 0 Å². The summed E-state index contributed by atoms with van der Waals surface area (Å²) in [6.07, 6.45) is 3.57. The Kier molecular flexibility index (Phi) is 2.81. The third-order valence-electron chi connectivity index (χ3n) is 4.44. The van der Waals surface area contributed by atoms with Gasteiger partial charge in [-0.15, -0.1) is 0 Å². The number of hydrogen-bond donors (Lipinski definition) is 2. The average Bonchev–Trinajstić information content (AvgIpc) is 2.85. The number of benzene rings is 1. The van der Waals surface area contributed by atoms with Crippen LogP contribution in [0.5, 0.6) is 0 Å². The maximum atomic E-state index is 12.1. The number of rotatable bonds is 3. The molecule has 0 aromatic heterocycles. The fourth-order valence-electron chi connectivity index (χ4n) is 3.37. The highest BCUT2D eigenvalue weighted by molar-refractivity contribution is 5.97. The Bertz CT molecular complexity index is 542. The predicted octanol–water partition coefficient (Wildman–Crippen LogP) is 2.68. The van der Waals surface area contributed by atoms with E-state index < -0.39 is 5.97 Å². The van der Waals surface area contributed by atoms with Gasteiger partial charge in [0.15, 0.2) is 0 Å². The molecule has 0 radical (unpaired) electrons. The minimum absolute atomic E-state index is 0.0508. The number of aromatic carboxylic acids is 1. The molecule has 4 nitrogen and oxygen atoms in total. The van der Waals surface area contributed by atoms with Crippen LogP contribution in [0.25, 0.3) is 0 Å². The van der Waals surface area contributed by atoms with Crippen LogP contribution in [0.4, 0.5) is 5.69 Å². The summed E-state index contributed by atoms with van der Waals surface area (Å²) in [5, 5.41) is 11.9. The van der Waals surface area contributed by atoms with Crippen LogP contribution in [0.3, 0.4) is 0 Å². The smallest absolute Gasteiger partial charge is 0.336 e. The van der Waals surface area contributed by atoms with E-state index in [1.165, 1.54) is 12.5 Å². The standard InChI is InChI=1S/C15H17NO3/c1-8-5-6-9(7-12(8)15(18)19)16-14(17)13-10-3-2-4-11(10)13/h5-7,10-11,13H,2-4H2,1H3,(H,16,17)(H,18,19)/t10-,11+,13?. The van der Waals surface area contributed by atoms with E-state index in [9.17, 15) is 9.59 Å². The summed E-state index contributed by atoms with van der Waals surface area (Å²) in [6, 6.07) is 5.03. The van der Waals surface area contributed by atoms with E-state index >= 15 is 0 Å². The largest absolute Gasteiger partial charge is 0.478 e. The third-order valence-corrected chi connectivity index (χ3v) is 4.44. The zero-order valence-electron chi connectivity index (χ0n) is 10.8. The molecule has 2 N–H and O–H groups in total. The van der Waals surface area contributed by atoms with Gasteiger partial charge in [-0.05, 0) is 49.3 Å². The molecule has 0 spiro atoms. The van der Waals surface area contributed by atoms with Crippen molar-refractivity contribution in [1.82, 2.24) is 0 Å². The third kappa shape index (κ3) is 2.11. The van der Waals surface area contributed by atoms with Gasteiger partial charge in [0.1, 0.15) is 0 Å². The molecule has 19 heavy (non-hydrogen) atoms. The minimum atomic E-state index is -0.961. The van der Waals surface area contributed by atoms with Gasteiger partial charge in [-0.1, -0.05) is 12.5 Å². The van der Waals surface area contributed by atoms with Crippen LogP contribution >= 0.6 is 0 Å². The predicted molar refractivity (Wildman–Crippen MR) is 71.1 cm³/mol. The Balaban J connectivity index is 1.71. The number of aryl methyl sites for hydroxylation is 1. The summed E-state index contributed by atoms with van der Waals surface area (Å²) in [5.41, 5.74) is 1.53. The van der Waals surface area contributed by atoms with Crippen molar-refractivity contribution in [2.24, 2.45) is 17.8 Å². The number of anilines is 1. The van der Waals surface area contributed by atoms with Crippen LogP contribution in [0.15, 0.2) is 18.2 Å². The molecule has 2 fully saturated rings. The van der Waals surface area contributed by atoms with Gasteiger partial charge >= 0.3 is 5.97 Å². The number of nitrogens with one attached hydrogen (secondary N) is 1. The summed E-state index contributed by atoms with van der Waals surface area (Å²) in [6.45, 7) is 1.75. The number of fused-ring (bicyclic) bond motifs is 1. The van der Waals surface area contributed by atoms with Crippen LogP contribution in [-0.2, 0) is 4.79 Å². The first kappa shape index (κ1) is 12.2. The topological polar surface area (TPSA) is 66.4 Å². The summed E-state index contributed by atoms with van der Waals surface area (Å²) >= 11 is 0. The highest BCUT2D eigenvalue weighted by Crippen LogP contribution is 2.57. The normalized spacial score (nSPS) is 27.7. The van der Waals surface area contributed by atoms with Gasteiger partial charge in [-0.2, -0.15) is 0 Å². The van der Waals surface area contributed by atoms with E-state index in [2.05, 4.69) is 5.32 Å². The lowest BCUT2D eigenvalue weighted by Gasteiger charge is -2.08. The second kappa shape index (κ2) is 4.37. The molecule has 2 aliphatic carbocycles. The van der Waals surface area contributed by atoms with E-state index in [0.29, 0.717) is 23.1 Å². The Morgan fingerprint density at radius 2 is 1.95 bits per heavy atom. The summed E-state index contributed by atoms with van der Waals surface area (Å²) < 4.78 is 0. The first-order valence-electron chi connectivity index (χ1n) is 6.73. The van der Waals surface area contributed by atoms with Gasteiger partial charge in [0.25, 0.3) is 0 Å². The van der Waals surface area contributed by atoms with Crippen molar-refractivity contribution in [2.75, 3.05) is 5.32 Å². The highest BCUT2D eigenvalue weighted by Gasteiger charge is 2.56. The molecule has 0 heterocycles. The number of hydrogen-bond acceptors (Lipinski definition) is 2. The molecule has 0 aliphatic heterocycles. The van der Waals surface area contributed by atoms with Gasteiger partial charge < -0.3 is 10.4 Å². The van der Waals surface area contributed by atoms with Gasteiger partial charge in [-0.25, -0.2) is 4.79 Å². The van der Waals surface area contributed by atoms with E-state index in [-0.39, 0.29) is 17.4 Å². The molecular weight excluding hydrogens is 242 g/mol. The lowest BCUT2D eigenvalue weighted by Crippen LogP contribution is -2.17. The van der Waals surface area contributed by atoms with Crippen LogP contribution in [0, 0.1) is 24.7 Å². The Labute approximate surface area is 111 Å². The number of amides is 1. The molecule has 3 rings (SSSR count). The molecule has 1 amide bonds. The number of carbonyl (C=O) groups is 2. The van der Waals surface area contributed by atoms with Crippen molar-refractivity contribution in [3.8, 4) is 0 Å². The zero-order valence-corrected chi connectivity index (χ0v) is 10.8. The number of carboxylic acids is 1. The molecule has 0 bridgehead atoms. The summed E-state index contributed by atoms with van der Waals surface area (Å²) in [7, 11) is 0. The van der Waals surface area contributed by atoms with E-state index in [0.717, 1.165) is 12.8 Å². The van der Waals surface area contributed by atoms with Gasteiger partial charge in [0.2, 0.25) is 5.91 Å². The van der Waals surface area contributed by atoms with E-state index in [4.69, 9.17) is 5.11 Å². The number of carboxylic acid groups (broad SMARTS) is 1. The van der Waals surface area contributed by atoms with Crippen molar-refractivity contribution < 1.29 is 14.7 Å². The Hall–Kier alpha value is -1.84. The maximum absolute atomic E-state index is 12.1. The lowest BCUT2D eigenvalue weighted by molar-refractivity contribution is -0.118. The maximum Gasteiger partial charge on any atom is 0.336 e. The highest BCUT2D eigenvalue weighted by atomic mass is 16.4. The molecular formula is C15H17NO3. The Morgan fingerprint density at radius 3 is 2.58 bits per heavy atom. The monoisotopic (exact) mass is 259 g/mol. The molecule has 1 aromatic rings. The minimum Gasteiger partial charge on any atom is -0.478 e. The van der Waals surface area contributed by atoms with Crippen LogP contribution in [-0.4, -0.2) is 17.0 Å². The first-order valence-corrected chi connectivity index (χ1v) is 6.73. The molecule has 0 saturated heterocycles. The second-order valence-electron chi connectivity index (χ2n) is 5.61. The van der Waals surface area contributed by atoms with Crippen LogP contribution in [0.1, 0.15) is 35.2 Å². The SMILES string of the molecule is Cc1ccc(NC(=O)C2[C@H]3CCC[C@@H]23)cc1C(=O)O.